The molecule has 0 radical (unpaired) electrons. The molecule has 1 atom stereocenters. The second kappa shape index (κ2) is 6.78. The first-order chi connectivity index (χ1) is 12.6. The largest absolute Gasteiger partial charge is 0.327 e. The van der Waals surface area contributed by atoms with Gasteiger partial charge in [-0.25, -0.2) is 9.37 Å². The average Bonchev–Trinajstić information content (AvgIpc) is 2.91. The molecule has 0 aliphatic rings. The Morgan fingerprint density at radius 2 is 1.93 bits per heavy atom. The fraction of sp³-hybridized carbons (Fsp3) is 0.333. The summed E-state index contributed by atoms with van der Waals surface area (Å²) in [6.45, 7) is 7.71. The summed E-state index contributed by atoms with van der Waals surface area (Å²) in [5.41, 5.74) is 9.61. The molecular formula is C21H25FN4O. The van der Waals surface area contributed by atoms with Crippen molar-refractivity contribution in [2.75, 3.05) is 5.32 Å². The van der Waals surface area contributed by atoms with Crippen LogP contribution in [0.2, 0.25) is 0 Å². The molecule has 0 spiro atoms. The summed E-state index contributed by atoms with van der Waals surface area (Å²) >= 11 is 0. The number of aromatic nitrogens is 2. The first-order valence-electron chi connectivity index (χ1n) is 8.87. The number of nitrogens with two attached hydrogens (primary N) is 1. The Morgan fingerprint density at radius 1 is 1.22 bits per heavy atom. The third-order valence-corrected chi connectivity index (χ3v) is 4.81. The maximum atomic E-state index is 13.5. The van der Waals surface area contributed by atoms with Gasteiger partial charge < -0.3 is 15.6 Å². The van der Waals surface area contributed by atoms with Crippen molar-refractivity contribution >= 4 is 22.6 Å². The molecular weight excluding hydrogens is 343 g/mol. The van der Waals surface area contributed by atoms with Crippen LogP contribution >= 0.6 is 0 Å². The number of hydrogen-bond acceptors (Lipinski definition) is 3. The summed E-state index contributed by atoms with van der Waals surface area (Å²) in [5.74, 6) is 0.154. The molecule has 0 aliphatic heterocycles. The van der Waals surface area contributed by atoms with Crippen LogP contribution in [-0.2, 0) is 11.8 Å². The van der Waals surface area contributed by atoms with E-state index in [-0.39, 0.29) is 17.1 Å². The van der Waals surface area contributed by atoms with Gasteiger partial charge in [0.2, 0.25) is 5.91 Å². The number of carbonyl (C=O) groups is 1. The number of amides is 1. The lowest BCUT2D eigenvalue weighted by molar-refractivity contribution is -0.119. The lowest BCUT2D eigenvalue weighted by Gasteiger charge is -2.26. The minimum absolute atomic E-state index is 0.227. The number of carbonyl (C=O) groups excluding carboxylic acids is 1. The number of fused-ring (bicyclic) bond motifs is 1. The number of anilines is 1. The van der Waals surface area contributed by atoms with E-state index in [0.29, 0.717) is 17.0 Å². The molecule has 3 N–H and O–H groups in total. The number of aryl methyl sites for hydroxylation is 2. The van der Waals surface area contributed by atoms with Crippen LogP contribution in [0.1, 0.15) is 26.3 Å². The van der Waals surface area contributed by atoms with Crippen LogP contribution in [0.3, 0.4) is 0 Å². The van der Waals surface area contributed by atoms with Crippen molar-refractivity contribution in [2.24, 2.45) is 18.2 Å². The SMILES string of the molecule is Cc1ccc(-c2nc3cc(F)ccc3n2C)cc1NC(=O)[C@@H](N)C(C)(C)C. The highest BCUT2D eigenvalue weighted by Gasteiger charge is 2.27. The summed E-state index contributed by atoms with van der Waals surface area (Å²) in [6.07, 6.45) is 0. The molecule has 1 amide bonds. The van der Waals surface area contributed by atoms with E-state index in [2.05, 4.69) is 10.3 Å². The molecule has 0 saturated heterocycles. The Balaban J connectivity index is 1.99. The van der Waals surface area contributed by atoms with Gasteiger partial charge in [0.25, 0.3) is 0 Å². The molecule has 5 nitrogen and oxygen atoms in total. The van der Waals surface area contributed by atoms with Gasteiger partial charge in [0.1, 0.15) is 11.6 Å². The average molecular weight is 368 g/mol. The Labute approximate surface area is 158 Å². The Kier molecular flexibility index (Phi) is 4.78. The van der Waals surface area contributed by atoms with Gasteiger partial charge >= 0.3 is 0 Å². The lowest BCUT2D eigenvalue weighted by atomic mass is 9.87. The predicted molar refractivity (Wildman–Crippen MR) is 107 cm³/mol. The molecule has 1 heterocycles. The molecule has 1 aromatic heterocycles. The quantitative estimate of drug-likeness (QED) is 0.734. The van der Waals surface area contributed by atoms with Gasteiger partial charge in [-0.3, -0.25) is 4.79 Å². The van der Waals surface area contributed by atoms with Gasteiger partial charge in [0, 0.05) is 24.4 Å². The van der Waals surface area contributed by atoms with E-state index in [0.717, 1.165) is 16.6 Å². The fourth-order valence-electron chi connectivity index (χ4n) is 2.93. The van der Waals surface area contributed by atoms with Crippen LogP contribution in [-0.4, -0.2) is 21.5 Å². The zero-order chi connectivity index (χ0) is 19.9. The van der Waals surface area contributed by atoms with E-state index in [4.69, 9.17) is 5.73 Å². The molecule has 0 aliphatic carbocycles. The molecule has 6 heteroatoms. The minimum Gasteiger partial charge on any atom is -0.327 e. The van der Waals surface area contributed by atoms with Gasteiger partial charge in [-0.2, -0.15) is 0 Å². The van der Waals surface area contributed by atoms with Crippen molar-refractivity contribution in [3.05, 3.63) is 47.8 Å². The van der Waals surface area contributed by atoms with Crippen molar-refractivity contribution in [1.82, 2.24) is 9.55 Å². The molecule has 3 rings (SSSR count). The van der Waals surface area contributed by atoms with Crippen LogP contribution in [0.5, 0.6) is 0 Å². The van der Waals surface area contributed by atoms with E-state index in [9.17, 15) is 9.18 Å². The molecule has 27 heavy (non-hydrogen) atoms. The summed E-state index contributed by atoms with van der Waals surface area (Å²) in [7, 11) is 1.89. The van der Waals surface area contributed by atoms with E-state index < -0.39 is 6.04 Å². The van der Waals surface area contributed by atoms with Crippen molar-refractivity contribution in [3.63, 3.8) is 0 Å². The van der Waals surface area contributed by atoms with Crippen LogP contribution in [0.25, 0.3) is 22.4 Å². The topological polar surface area (TPSA) is 72.9 Å². The molecule has 0 unspecified atom stereocenters. The third kappa shape index (κ3) is 3.71. The Morgan fingerprint density at radius 3 is 2.59 bits per heavy atom. The van der Waals surface area contributed by atoms with Gasteiger partial charge in [-0.15, -0.1) is 0 Å². The van der Waals surface area contributed by atoms with Crippen LogP contribution in [0.15, 0.2) is 36.4 Å². The smallest absolute Gasteiger partial charge is 0.241 e. The first-order valence-corrected chi connectivity index (χ1v) is 8.87. The standard InChI is InChI=1S/C21H25FN4O/c1-12-6-7-13(10-15(12)25-20(27)18(23)21(2,3)4)19-24-16-11-14(22)8-9-17(16)26(19)5/h6-11,18H,23H2,1-5H3,(H,25,27)/t18-/m1/s1. The number of nitrogens with one attached hydrogen (secondary N) is 1. The van der Waals surface area contributed by atoms with Crippen molar-refractivity contribution in [2.45, 2.75) is 33.7 Å². The second-order valence-electron chi connectivity index (χ2n) is 7.99. The molecule has 142 valence electrons. The van der Waals surface area contributed by atoms with E-state index in [1.807, 2.05) is 57.5 Å². The number of nitrogens with zero attached hydrogens (tertiary/aromatic N) is 2. The predicted octanol–water partition coefficient (Wildman–Crippen LogP) is 4.00. The Hall–Kier alpha value is -2.73. The minimum atomic E-state index is -0.626. The van der Waals surface area contributed by atoms with Gasteiger partial charge in [0.05, 0.1) is 17.1 Å². The summed E-state index contributed by atoms with van der Waals surface area (Å²) in [6, 6.07) is 9.65. The second-order valence-corrected chi connectivity index (χ2v) is 7.99. The van der Waals surface area contributed by atoms with Gasteiger partial charge in [-0.05, 0) is 36.1 Å². The normalized spacial score (nSPS) is 13.0. The highest BCUT2D eigenvalue weighted by atomic mass is 19.1. The molecule has 2 aromatic carbocycles. The highest BCUT2D eigenvalue weighted by Crippen LogP contribution is 2.28. The maximum Gasteiger partial charge on any atom is 0.241 e. The van der Waals surface area contributed by atoms with Crippen LogP contribution in [0, 0.1) is 18.2 Å². The number of hydrogen-bond donors (Lipinski definition) is 2. The van der Waals surface area contributed by atoms with Crippen molar-refractivity contribution in [3.8, 4) is 11.4 Å². The van der Waals surface area contributed by atoms with E-state index in [1.54, 1.807) is 6.07 Å². The summed E-state index contributed by atoms with van der Waals surface area (Å²) < 4.78 is 15.4. The first kappa shape index (κ1) is 19.0. The third-order valence-electron chi connectivity index (χ3n) is 4.81. The maximum absolute atomic E-state index is 13.5. The molecule has 3 aromatic rings. The van der Waals surface area contributed by atoms with Crippen LogP contribution < -0.4 is 11.1 Å². The highest BCUT2D eigenvalue weighted by molar-refractivity contribution is 5.96. The van der Waals surface area contributed by atoms with Crippen LogP contribution in [0.4, 0.5) is 10.1 Å². The number of imidazole rings is 1. The summed E-state index contributed by atoms with van der Waals surface area (Å²) in [5, 5.41) is 2.93. The lowest BCUT2D eigenvalue weighted by Crippen LogP contribution is -2.45. The molecule has 0 fully saturated rings. The summed E-state index contributed by atoms with van der Waals surface area (Å²) in [4.78, 5) is 17.1. The van der Waals surface area contributed by atoms with Crippen molar-refractivity contribution in [1.29, 1.82) is 0 Å². The molecule has 0 bridgehead atoms. The van der Waals surface area contributed by atoms with Gasteiger partial charge in [-0.1, -0.05) is 32.9 Å². The number of benzene rings is 2. The Bertz CT molecular complexity index is 1020. The zero-order valence-corrected chi connectivity index (χ0v) is 16.3. The van der Waals surface area contributed by atoms with Crippen molar-refractivity contribution < 1.29 is 9.18 Å². The number of halogens is 1. The zero-order valence-electron chi connectivity index (χ0n) is 16.3. The number of rotatable bonds is 3. The molecule has 0 saturated carbocycles. The van der Waals surface area contributed by atoms with Gasteiger partial charge in [0.15, 0.2) is 0 Å². The van der Waals surface area contributed by atoms with E-state index in [1.165, 1.54) is 12.1 Å². The van der Waals surface area contributed by atoms with E-state index >= 15 is 0 Å². The monoisotopic (exact) mass is 368 g/mol. The fourth-order valence-corrected chi connectivity index (χ4v) is 2.93.